The third-order valence-electron chi connectivity index (χ3n) is 1.99. The molecule has 0 bridgehead atoms. The van der Waals surface area contributed by atoms with Gasteiger partial charge in [-0.25, -0.2) is 0 Å². The summed E-state index contributed by atoms with van der Waals surface area (Å²) in [5.74, 6) is 0.499. The van der Waals surface area contributed by atoms with Crippen LogP contribution >= 0.6 is 0 Å². The summed E-state index contributed by atoms with van der Waals surface area (Å²) in [6.07, 6.45) is 3.84. The molecule has 62 valence electrons. The molecular formula is C10H12NO+. The van der Waals surface area contributed by atoms with E-state index in [4.69, 9.17) is 4.42 Å². The molecule has 0 aromatic carbocycles. The van der Waals surface area contributed by atoms with Crippen LogP contribution in [-0.2, 0) is 0 Å². The first-order valence-corrected chi connectivity index (χ1v) is 4.17. The summed E-state index contributed by atoms with van der Waals surface area (Å²) in [6, 6.07) is 5.95. The topological polar surface area (TPSA) is 17.2 Å². The van der Waals surface area contributed by atoms with Gasteiger partial charge in [0.1, 0.15) is 0 Å². The molecule has 2 heteroatoms. The number of fused-ring (bicyclic) bond motifs is 1. The van der Waals surface area contributed by atoms with Gasteiger partial charge in [0.25, 0.3) is 0 Å². The summed E-state index contributed by atoms with van der Waals surface area (Å²) < 4.78 is 7.45. The van der Waals surface area contributed by atoms with Crippen LogP contribution in [0.1, 0.15) is 25.5 Å². The van der Waals surface area contributed by atoms with Gasteiger partial charge in [0, 0.05) is 12.0 Å². The summed E-state index contributed by atoms with van der Waals surface area (Å²) in [5, 5.41) is 0. The molecular weight excluding hydrogens is 150 g/mol. The number of hydrogen-bond donors (Lipinski definition) is 0. The van der Waals surface area contributed by atoms with Gasteiger partial charge < -0.3 is 4.42 Å². The molecule has 0 saturated carbocycles. The Morgan fingerprint density at radius 2 is 2.17 bits per heavy atom. The van der Waals surface area contributed by atoms with E-state index in [0.717, 1.165) is 5.71 Å². The maximum absolute atomic E-state index is 5.37. The molecule has 0 amide bonds. The van der Waals surface area contributed by atoms with E-state index in [1.165, 1.54) is 5.69 Å². The molecule has 0 atom stereocenters. The minimum atomic E-state index is 0.499. The van der Waals surface area contributed by atoms with E-state index < -0.39 is 0 Å². The van der Waals surface area contributed by atoms with Crippen molar-refractivity contribution in [3.63, 3.8) is 0 Å². The van der Waals surface area contributed by atoms with Gasteiger partial charge in [-0.05, 0) is 6.07 Å². The lowest BCUT2D eigenvalue weighted by molar-refractivity contribution is -0.524. The molecule has 0 N–H and O–H groups in total. The molecule has 2 rings (SSSR count). The Balaban J connectivity index is 2.70. The lowest BCUT2D eigenvalue weighted by Gasteiger charge is -1.91. The minimum Gasteiger partial charge on any atom is -0.406 e. The van der Waals surface area contributed by atoms with Gasteiger partial charge in [-0.2, -0.15) is 0 Å². The maximum atomic E-state index is 5.37. The monoisotopic (exact) mass is 162 g/mol. The molecule has 0 aliphatic heterocycles. The number of rotatable bonds is 1. The fraction of sp³-hybridized carbons (Fsp3) is 0.300. The third-order valence-corrected chi connectivity index (χ3v) is 1.99. The predicted molar refractivity (Wildman–Crippen MR) is 46.0 cm³/mol. The highest BCUT2D eigenvalue weighted by Gasteiger charge is 2.16. The van der Waals surface area contributed by atoms with Crippen LogP contribution in [0.2, 0.25) is 0 Å². The lowest BCUT2D eigenvalue weighted by Crippen LogP contribution is -2.23. The zero-order chi connectivity index (χ0) is 8.55. The van der Waals surface area contributed by atoms with Crippen LogP contribution in [0.4, 0.5) is 0 Å². The van der Waals surface area contributed by atoms with Crippen LogP contribution in [0.3, 0.4) is 0 Å². The average molecular weight is 162 g/mol. The minimum absolute atomic E-state index is 0.499. The highest BCUT2D eigenvalue weighted by molar-refractivity contribution is 5.24. The van der Waals surface area contributed by atoms with Crippen LogP contribution in [0.15, 0.2) is 35.1 Å². The second-order valence-corrected chi connectivity index (χ2v) is 3.22. The van der Waals surface area contributed by atoms with E-state index >= 15 is 0 Å². The van der Waals surface area contributed by atoms with Crippen molar-refractivity contribution in [1.29, 1.82) is 0 Å². The number of oxazole rings is 1. The van der Waals surface area contributed by atoms with Crippen LogP contribution in [0.25, 0.3) is 5.71 Å². The molecule has 0 spiro atoms. The number of aromatic nitrogens is 1. The first kappa shape index (κ1) is 7.35. The van der Waals surface area contributed by atoms with E-state index in [1.807, 2.05) is 30.7 Å². The molecule has 12 heavy (non-hydrogen) atoms. The summed E-state index contributed by atoms with van der Waals surface area (Å²) >= 11 is 0. The molecule has 0 fully saturated rings. The van der Waals surface area contributed by atoms with E-state index in [1.54, 1.807) is 0 Å². The average Bonchev–Trinajstić information content (AvgIpc) is 2.47. The second-order valence-electron chi connectivity index (χ2n) is 3.22. The largest absolute Gasteiger partial charge is 0.406 e. The van der Waals surface area contributed by atoms with Crippen molar-refractivity contribution in [3.05, 3.63) is 36.4 Å². The van der Waals surface area contributed by atoms with Crippen molar-refractivity contribution in [2.45, 2.75) is 19.8 Å². The Kier molecular flexibility index (Phi) is 1.61. The summed E-state index contributed by atoms with van der Waals surface area (Å²) in [4.78, 5) is 0. The Hall–Kier alpha value is -1.31. The van der Waals surface area contributed by atoms with Gasteiger partial charge in [-0.1, -0.05) is 13.8 Å². The summed E-state index contributed by atoms with van der Waals surface area (Å²) in [5.41, 5.74) is 2.12. The Bertz CT molecular complexity index is 389. The van der Waals surface area contributed by atoms with Gasteiger partial charge in [0.15, 0.2) is 12.5 Å². The van der Waals surface area contributed by atoms with Gasteiger partial charge >= 0.3 is 5.71 Å². The molecule has 0 saturated heterocycles. The SMILES string of the molecule is CC(C)c1coc2cccc[n+]12. The van der Waals surface area contributed by atoms with E-state index in [2.05, 4.69) is 18.2 Å². The van der Waals surface area contributed by atoms with Crippen molar-refractivity contribution < 1.29 is 8.82 Å². The van der Waals surface area contributed by atoms with Gasteiger partial charge in [-0.15, -0.1) is 4.40 Å². The zero-order valence-electron chi connectivity index (χ0n) is 7.32. The molecule has 2 heterocycles. The van der Waals surface area contributed by atoms with Crippen molar-refractivity contribution in [2.24, 2.45) is 0 Å². The van der Waals surface area contributed by atoms with E-state index in [-0.39, 0.29) is 0 Å². The fourth-order valence-electron chi connectivity index (χ4n) is 1.33. The van der Waals surface area contributed by atoms with Crippen LogP contribution < -0.4 is 4.40 Å². The predicted octanol–water partition coefficient (Wildman–Crippen LogP) is 2.14. The molecule has 0 unspecified atom stereocenters. The molecule has 2 nitrogen and oxygen atoms in total. The highest BCUT2D eigenvalue weighted by atomic mass is 16.3. The molecule has 2 aromatic rings. The Morgan fingerprint density at radius 3 is 2.92 bits per heavy atom. The first-order valence-electron chi connectivity index (χ1n) is 4.17. The van der Waals surface area contributed by atoms with Crippen molar-refractivity contribution in [2.75, 3.05) is 0 Å². The van der Waals surface area contributed by atoms with E-state index in [0.29, 0.717) is 5.92 Å². The number of pyridine rings is 1. The highest BCUT2D eigenvalue weighted by Crippen LogP contribution is 2.11. The van der Waals surface area contributed by atoms with Crippen LogP contribution in [-0.4, -0.2) is 0 Å². The normalized spacial score (nSPS) is 11.2. The lowest BCUT2D eigenvalue weighted by atomic mass is 10.1. The molecule has 0 aliphatic rings. The third kappa shape index (κ3) is 0.998. The standard InChI is InChI=1S/C10H12NO/c1-8(2)9-7-12-10-5-3-4-6-11(9)10/h3-8H,1-2H3/q+1. The van der Waals surface area contributed by atoms with Crippen molar-refractivity contribution in [3.8, 4) is 0 Å². The maximum Gasteiger partial charge on any atom is 0.378 e. The summed E-state index contributed by atoms with van der Waals surface area (Å²) in [7, 11) is 0. The van der Waals surface area contributed by atoms with Gasteiger partial charge in [0.05, 0.1) is 6.07 Å². The first-order chi connectivity index (χ1) is 5.79. The Morgan fingerprint density at radius 1 is 1.33 bits per heavy atom. The zero-order valence-corrected chi connectivity index (χ0v) is 7.32. The number of nitrogens with zero attached hydrogens (tertiary/aromatic N) is 1. The Labute approximate surface area is 71.4 Å². The van der Waals surface area contributed by atoms with Crippen molar-refractivity contribution in [1.82, 2.24) is 0 Å². The summed E-state index contributed by atoms with van der Waals surface area (Å²) in [6.45, 7) is 4.31. The molecule has 0 radical (unpaired) electrons. The van der Waals surface area contributed by atoms with Crippen LogP contribution in [0, 0.1) is 0 Å². The molecule has 0 aliphatic carbocycles. The molecule has 2 aromatic heterocycles. The second kappa shape index (κ2) is 2.63. The van der Waals surface area contributed by atoms with Gasteiger partial charge in [0.2, 0.25) is 5.69 Å². The van der Waals surface area contributed by atoms with Gasteiger partial charge in [-0.3, -0.25) is 0 Å². The van der Waals surface area contributed by atoms with E-state index in [9.17, 15) is 0 Å². The quantitative estimate of drug-likeness (QED) is 0.587. The smallest absolute Gasteiger partial charge is 0.378 e. The van der Waals surface area contributed by atoms with Crippen LogP contribution in [0.5, 0.6) is 0 Å². The van der Waals surface area contributed by atoms with Crippen molar-refractivity contribution >= 4 is 5.71 Å². The fourth-order valence-corrected chi connectivity index (χ4v) is 1.33. The number of hydrogen-bond acceptors (Lipinski definition) is 1.